The van der Waals surface area contributed by atoms with Crippen molar-refractivity contribution in [3.05, 3.63) is 28.7 Å². The summed E-state index contributed by atoms with van der Waals surface area (Å²) in [4.78, 5) is 1.21. The zero-order chi connectivity index (χ0) is 14.7. The molecule has 1 N–H and O–H groups in total. The van der Waals surface area contributed by atoms with Gasteiger partial charge >= 0.3 is 0 Å². The van der Waals surface area contributed by atoms with E-state index in [2.05, 4.69) is 28.1 Å². The second-order valence-corrected chi connectivity index (χ2v) is 9.04. The summed E-state index contributed by atoms with van der Waals surface area (Å²) < 4.78 is 7.13. The fourth-order valence-electron chi connectivity index (χ4n) is 3.13. The highest BCUT2D eigenvalue weighted by atomic mass is 79.9. The second-order valence-electron chi connectivity index (χ2n) is 5.92. The number of aliphatic hydroxyl groups excluding tert-OH is 1. The van der Waals surface area contributed by atoms with Gasteiger partial charge in [0.15, 0.2) is 0 Å². The van der Waals surface area contributed by atoms with Gasteiger partial charge in [-0.15, -0.1) is 11.8 Å². The first kappa shape index (κ1) is 16.2. The Morgan fingerprint density at radius 1 is 1.52 bits per heavy atom. The Bertz CT molecular complexity index is 477. The first-order chi connectivity index (χ1) is 10.2. The SMILES string of the molecule is OC(CSc1cccc(Br)c1)C1CCOC2(CCSC2)C1. The molecule has 1 aromatic rings. The van der Waals surface area contributed by atoms with Gasteiger partial charge in [-0.1, -0.05) is 22.0 Å². The minimum Gasteiger partial charge on any atom is -0.392 e. The van der Waals surface area contributed by atoms with Crippen LogP contribution in [0.25, 0.3) is 0 Å². The topological polar surface area (TPSA) is 29.5 Å². The van der Waals surface area contributed by atoms with E-state index < -0.39 is 0 Å². The largest absolute Gasteiger partial charge is 0.392 e. The number of benzene rings is 1. The highest BCUT2D eigenvalue weighted by Crippen LogP contribution is 2.41. The van der Waals surface area contributed by atoms with E-state index >= 15 is 0 Å². The van der Waals surface area contributed by atoms with Crippen molar-refractivity contribution in [3.63, 3.8) is 0 Å². The smallest absolute Gasteiger partial charge is 0.0783 e. The summed E-state index contributed by atoms with van der Waals surface area (Å²) in [7, 11) is 0. The summed E-state index contributed by atoms with van der Waals surface area (Å²) in [6.07, 6.45) is 2.94. The summed E-state index contributed by atoms with van der Waals surface area (Å²) in [6, 6.07) is 8.27. The molecule has 2 aliphatic rings. The highest BCUT2D eigenvalue weighted by Gasteiger charge is 2.42. The maximum absolute atomic E-state index is 10.6. The highest BCUT2D eigenvalue weighted by molar-refractivity contribution is 9.10. The minimum absolute atomic E-state index is 0.0645. The average Bonchev–Trinajstić information content (AvgIpc) is 2.93. The number of thioether (sulfide) groups is 2. The molecule has 1 aromatic carbocycles. The maximum atomic E-state index is 10.6. The van der Waals surface area contributed by atoms with Crippen molar-refractivity contribution < 1.29 is 9.84 Å². The van der Waals surface area contributed by atoms with Crippen LogP contribution in [0.1, 0.15) is 19.3 Å². The molecule has 3 unspecified atom stereocenters. The molecule has 2 nitrogen and oxygen atoms in total. The fourth-order valence-corrected chi connectivity index (χ4v) is 6.08. The van der Waals surface area contributed by atoms with Crippen molar-refractivity contribution in [1.82, 2.24) is 0 Å². The Morgan fingerprint density at radius 2 is 2.43 bits per heavy atom. The molecule has 2 aliphatic heterocycles. The van der Waals surface area contributed by atoms with Crippen molar-refractivity contribution in [3.8, 4) is 0 Å². The van der Waals surface area contributed by atoms with Gasteiger partial charge in [-0.2, -0.15) is 11.8 Å². The fraction of sp³-hybridized carbons (Fsp3) is 0.625. The number of hydrogen-bond donors (Lipinski definition) is 1. The van der Waals surface area contributed by atoms with Crippen LogP contribution in [0.2, 0.25) is 0 Å². The zero-order valence-electron chi connectivity index (χ0n) is 12.0. The zero-order valence-corrected chi connectivity index (χ0v) is 15.2. The van der Waals surface area contributed by atoms with Crippen molar-refractivity contribution in [2.75, 3.05) is 23.9 Å². The quantitative estimate of drug-likeness (QED) is 0.782. The van der Waals surface area contributed by atoms with Gasteiger partial charge in [-0.05, 0) is 49.1 Å². The molecule has 0 aromatic heterocycles. The summed E-state index contributed by atoms with van der Waals surface area (Å²) in [5, 5.41) is 10.6. The van der Waals surface area contributed by atoms with Gasteiger partial charge in [-0.3, -0.25) is 0 Å². The lowest BCUT2D eigenvalue weighted by atomic mass is 9.83. The summed E-state index contributed by atoms with van der Waals surface area (Å²) in [5.74, 6) is 3.46. The van der Waals surface area contributed by atoms with Crippen LogP contribution in [0.15, 0.2) is 33.6 Å². The lowest BCUT2D eigenvalue weighted by Gasteiger charge is -2.39. The first-order valence-corrected chi connectivity index (χ1v) is 10.4. The van der Waals surface area contributed by atoms with Gasteiger partial charge in [0.2, 0.25) is 0 Å². The van der Waals surface area contributed by atoms with Crippen molar-refractivity contribution >= 4 is 39.5 Å². The molecule has 5 heteroatoms. The third kappa shape index (κ3) is 4.20. The maximum Gasteiger partial charge on any atom is 0.0783 e. The lowest BCUT2D eigenvalue weighted by molar-refractivity contribution is -0.0977. The molecule has 1 spiro atoms. The van der Waals surface area contributed by atoms with Crippen LogP contribution in [0.4, 0.5) is 0 Å². The Morgan fingerprint density at radius 3 is 3.19 bits per heavy atom. The molecular formula is C16H21BrO2S2. The Balaban J connectivity index is 1.54. The van der Waals surface area contributed by atoms with Crippen LogP contribution >= 0.6 is 39.5 Å². The van der Waals surface area contributed by atoms with E-state index in [4.69, 9.17) is 4.74 Å². The minimum atomic E-state index is -0.236. The lowest BCUT2D eigenvalue weighted by Crippen LogP contribution is -2.43. The van der Waals surface area contributed by atoms with Gasteiger partial charge < -0.3 is 9.84 Å². The molecule has 0 radical (unpaired) electrons. The molecule has 3 rings (SSSR count). The van der Waals surface area contributed by atoms with E-state index in [1.165, 1.54) is 10.6 Å². The number of aliphatic hydroxyl groups is 1. The van der Waals surface area contributed by atoms with E-state index in [0.717, 1.165) is 41.8 Å². The van der Waals surface area contributed by atoms with Crippen LogP contribution in [-0.4, -0.2) is 40.7 Å². The first-order valence-electron chi connectivity index (χ1n) is 7.45. The predicted octanol–water partition coefficient (Wildman–Crippen LogP) is 4.20. The van der Waals surface area contributed by atoms with Gasteiger partial charge in [-0.25, -0.2) is 0 Å². The van der Waals surface area contributed by atoms with Gasteiger partial charge in [0.25, 0.3) is 0 Å². The van der Waals surface area contributed by atoms with E-state index in [9.17, 15) is 5.11 Å². The molecule has 0 bridgehead atoms. The molecule has 0 aliphatic carbocycles. The van der Waals surface area contributed by atoms with E-state index in [1.807, 2.05) is 23.9 Å². The predicted molar refractivity (Wildman–Crippen MR) is 94.2 cm³/mol. The Kier molecular flexibility index (Phi) is 5.60. The standard InChI is InChI=1S/C16H21BrO2S2/c17-13-2-1-3-14(8-13)21-10-15(18)12-4-6-19-16(9-12)5-7-20-11-16/h1-3,8,12,15,18H,4-7,9-11H2. The van der Waals surface area contributed by atoms with Gasteiger partial charge in [0, 0.05) is 27.5 Å². The van der Waals surface area contributed by atoms with Crippen LogP contribution in [0.5, 0.6) is 0 Å². The summed E-state index contributed by atoms with van der Waals surface area (Å²) in [6.45, 7) is 0.809. The molecule has 0 amide bonds. The van der Waals surface area contributed by atoms with Crippen LogP contribution in [0.3, 0.4) is 0 Å². The Hall–Kier alpha value is 0.320. The third-order valence-corrected chi connectivity index (χ3v) is 7.17. The van der Waals surface area contributed by atoms with Crippen LogP contribution < -0.4 is 0 Å². The second kappa shape index (κ2) is 7.26. The van der Waals surface area contributed by atoms with Gasteiger partial charge in [0.05, 0.1) is 11.7 Å². The molecule has 2 fully saturated rings. The summed E-state index contributed by atoms with van der Waals surface area (Å²) in [5.41, 5.74) is 0.0645. The number of rotatable bonds is 4. The van der Waals surface area contributed by atoms with Crippen LogP contribution in [-0.2, 0) is 4.74 Å². The molecule has 116 valence electrons. The van der Waals surface area contributed by atoms with E-state index in [1.54, 1.807) is 11.8 Å². The van der Waals surface area contributed by atoms with Crippen molar-refractivity contribution in [1.29, 1.82) is 0 Å². The molecule has 21 heavy (non-hydrogen) atoms. The molecular weight excluding hydrogens is 368 g/mol. The normalized spacial score (nSPS) is 30.7. The summed E-state index contributed by atoms with van der Waals surface area (Å²) >= 11 is 7.22. The van der Waals surface area contributed by atoms with Crippen LogP contribution in [0, 0.1) is 5.92 Å². The number of hydrogen-bond acceptors (Lipinski definition) is 4. The monoisotopic (exact) mass is 388 g/mol. The van der Waals surface area contributed by atoms with E-state index in [0.29, 0.717) is 5.92 Å². The third-order valence-electron chi connectivity index (χ3n) is 4.36. The van der Waals surface area contributed by atoms with Crippen molar-refractivity contribution in [2.45, 2.75) is 35.9 Å². The molecule has 2 saturated heterocycles. The van der Waals surface area contributed by atoms with Crippen molar-refractivity contribution in [2.24, 2.45) is 5.92 Å². The molecule has 0 saturated carbocycles. The number of ether oxygens (including phenoxy) is 1. The number of halogens is 1. The van der Waals surface area contributed by atoms with Gasteiger partial charge in [0.1, 0.15) is 0 Å². The van der Waals surface area contributed by atoms with E-state index in [-0.39, 0.29) is 11.7 Å². The molecule has 2 heterocycles. The Labute approximate surface area is 143 Å². The average molecular weight is 389 g/mol. The molecule has 3 atom stereocenters.